The van der Waals surface area contributed by atoms with Crippen molar-refractivity contribution in [2.75, 3.05) is 0 Å². The molecule has 0 saturated carbocycles. The molecule has 0 saturated heterocycles. The van der Waals surface area contributed by atoms with Crippen LogP contribution in [0.3, 0.4) is 0 Å². The normalized spacial score (nSPS) is 10.9. The van der Waals surface area contributed by atoms with Crippen LogP contribution in [0.5, 0.6) is 0 Å². The van der Waals surface area contributed by atoms with Crippen LogP contribution in [0.15, 0.2) is 22.8 Å². The average Bonchev–Trinajstić information content (AvgIpc) is 2.17. The first-order chi connectivity index (χ1) is 4.33. The predicted molar refractivity (Wildman–Crippen MR) is 38.2 cm³/mol. The Balaban J connectivity index is 2.85. The smallest absolute Gasteiger partial charge is 0.126 e. The molecule has 0 aromatic carbocycles. The van der Waals surface area contributed by atoms with Crippen LogP contribution in [0.2, 0.25) is 0 Å². The Bertz CT molecular complexity index is 208. The maximum absolute atomic E-state index is 5.12. The number of allylic oxidation sites excluding steroid dienone is 1. The van der Waals surface area contributed by atoms with E-state index in [4.69, 9.17) is 4.42 Å². The van der Waals surface area contributed by atoms with Crippen molar-refractivity contribution < 1.29 is 4.42 Å². The fraction of sp³-hybridized carbons (Fsp3) is 0.250. The molecule has 1 aromatic heterocycles. The van der Waals surface area contributed by atoms with Gasteiger partial charge in [-0.3, -0.25) is 0 Å². The Hall–Kier alpha value is -0.980. The van der Waals surface area contributed by atoms with Gasteiger partial charge in [0.05, 0.1) is 6.26 Å². The lowest BCUT2D eigenvalue weighted by atomic mass is 10.3. The van der Waals surface area contributed by atoms with Gasteiger partial charge >= 0.3 is 0 Å². The molecule has 0 N–H and O–H groups in total. The molecular weight excluding hydrogens is 112 g/mol. The van der Waals surface area contributed by atoms with E-state index in [0.29, 0.717) is 0 Å². The summed E-state index contributed by atoms with van der Waals surface area (Å²) in [4.78, 5) is 0. The molecule has 0 aliphatic carbocycles. The SMILES string of the molecule is C/C=C/c1cc(C)co1. The van der Waals surface area contributed by atoms with Crippen molar-refractivity contribution >= 4 is 6.08 Å². The molecule has 0 spiro atoms. The van der Waals surface area contributed by atoms with Gasteiger partial charge < -0.3 is 4.42 Å². The van der Waals surface area contributed by atoms with Gasteiger partial charge in [0.2, 0.25) is 0 Å². The third-order valence-corrected chi connectivity index (χ3v) is 1.08. The molecule has 1 nitrogen and oxygen atoms in total. The highest BCUT2D eigenvalue weighted by molar-refractivity contribution is 5.42. The molecule has 48 valence electrons. The second kappa shape index (κ2) is 2.53. The van der Waals surface area contributed by atoms with E-state index in [0.717, 1.165) is 5.76 Å². The summed E-state index contributed by atoms with van der Waals surface area (Å²) in [5, 5.41) is 0. The van der Waals surface area contributed by atoms with Crippen LogP contribution < -0.4 is 0 Å². The second-order valence-electron chi connectivity index (χ2n) is 2.03. The Morgan fingerprint density at radius 1 is 1.56 bits per heavy atom. The van der Waals surface area contributed by atoms with Crippen LogP contribution >= 0.6 is 0 Å². The van der Waals surface area contributed by atoms with Crippen LogP contribution in [-0.4, -0.2) is 0 Å². The molecule has 0 aliphatic rings. The van der Waals surface area contributed by atoms with Crippen molar-refractivity contribution in [3.05, 3.63) is 29.7 Å². The van der Waals surface area contributed by atoms with Crippen molar-refractivity contribution in [1.82, 2.24) is 0 Å². The van der Waals surface area contributed by atoms with Crippen molar-refractivity contribution in [3.8, 4) is 0 Å². The molecule has 0 aliphatic heterocycles. The summed E-state index contributed by atoms with van der Waals surface area (Å²) in [6, 6.07) is 2.00. The number of aryl methyl sites for hydroxylation is 1. The summed E-state index contributed by atoms with van der Waals surface area (Å²) in [6.07, 6.45) is 5.64. The Morgan fingerprint density at radius 2 is 2.33 bits per heavy atom. The highest BCUT2D eigenvalue weighted by Crippen LogP contribution is 2.06. The molecule has 0 unspecified atom stereocenters. The Kier molecular flexibility index (Phi) is 1.73. The Labute approximate surface area is 55.0 Å². The third-order valence-electron chi connectivity index (χ3n) is 1.08. The summed E-state index contributed by atoms with van der Waals surface area (Å²) in [6.45, 7) is 3.98. The van der Waals surface area contributed by atoms with Gasteiger partial charge in [-0.15, -0.1) is 0 Å². The quantitative estimate of drug-likeness (QED) is 0.558. The largest absolute Gasteiger partial charge is 0.465 e. The van der Waals surface area contributed by atoms with E-state index >= 15 is 0 Å². The van der Waals surface area contributed by atoms with E-state index in [1.165, 1.54) is 5.56 Å². The van der Waals surface area contributed by atoms with Crippen LogP contribution in [0.1, 0.15) is 18.2 Å². The number of rotatable bonds is 1. The van der Waals surface area contributed by atoms with E-state index in [1.807, 2.05) is 32.1 Å². The molecule has 9 heavy (non-hydrogen) atoms. The zero-order valence-corrected chi connectivity index (χ0v) is 5.72. The van der Waals surface area contributed by atoms with Crippen LogP contribution in [0, 0.1) is 6.92 Å². The van der Waals surface area contributed by atoms with Gasteiger partial charge in [-0.2, -0.15) is 0 Å². The molecule has 1 heteroatoms. The number of furan rings is 1. The molecule has 1 aromatic rings. The highest BCUT2D eigenvalue weighted by Gasteiger charge is 1.89. The van der Waals surface area contributed by atoms with Gasteiger partial charge in [-0.25, -0.2) is 0 Å². The maximum atomic E-state index is 5.12. The number of hydrogen-bond acceptors (Lipinski definition) is 1. The molecule has 0 atom stereocenters. The molecule has 1 rings (SSSR count). The molecule has 0 fully saturated rings. The molecule has 0 radical (unpaired) electrons. The summed E-state index contributed by atoms with van der Waals surface area (Å²) < 4.78 is 5.12. The van der Waals surface area contributed by atoms with Gasteiger partial charge in [0.25, 0.3) is 0 Å². The zero-order chi connectivity index (χ0) is 6.69. The molecule has 0 bridgehead atoms. The maximum Gasteiger partial charge on any atom is 0.126 e. The van der Waals surface area contributed by atoms with Crippen LogP contribution in [-0.2, 0) is 0 Å². The lowest BCUT2D eigenvalue weighted by molar-refractivity contribution is 0.555. The number of hydrogen-bond donors (Lipinski definition) is 0. The monoisotopic (exact) mass is 122 g/mol. The molecular formula is C8H10O. The van der Waals surface area contributed by atoms with E-state index in [1.54, 1.807) is 6.26 Å². The van der Waals surface area contributed by atoms with Crippen LogP contribution in [0.25, 0.3) is 6.08 Å². The summed E-state index contributed by atoms with van der Waals surface area (Å²) in [5.41, 5.74) is 1.17. The topological polar surface area (TPSA) is 13.1 Å². The van der Waals surface area contributed by atoms with E-state index in [9.17, 15) is 0 Å². The summed E-state index contributed by atoms with van der Waals surface area (Å²) in [5.74, 6) is 0.926. The van der Waals surface area contributed by atoms with Gasteiger partial charge in [-0.1, -0.05) is 6.08 Å². The van der Waals surface area contributed by atoms with Gasteiger partial charge in [0.1, 0.15) is 5.76 Å². The van der Waals surface area contributed by atoms with Crippen molar-refractivity contribution in [1.29, 1.82) is 0 Å². The molecule has 1 heterocycles. The van der Waals surface area contributed by atoms with E-state index in [-0.39, 0.29) is 0 Å². The van der Waals surface area contributed by atoms with Gasteiger partial charge in [0.15, 0.2) is 0 Å². The highest BCUT2D eigenvalue weighted by atomic mass is 16.3. The molecule has 0 amide bonds. The standard InChI is InChI=1S/C8H10O/c1-3-4-8-5-7(2)6-9-8/h3-6H,1-2H3/b4-3+. The second-order valence-corrected chi connectivity index (χ2v) is 2.03. The van der Waals surface area contributed by atoms with Gasteiger partial charge in [0, 0.05) is 0 Å². The average molecular weight is 122 g/mol. The zero-order valence-electron chi connectivity index (χ0n) is 5.72. The van der Waals surface area contributed by atoms with Crippen molar-refractivity contribution in [3.63, 3.8) is 0 Å². The minimum Gasteiger partial charge on any atom is -0.465 e. The van der Waals surface area contributed by atoms with Crippen LogP contribution in [0.4, 0.5) is 0 Å². The minimum atomic E-state index is 0.926. The minimum absolute atomic E-state index is 0.926. The summed E-state index contributed by atoms with van der Waals surface area (Å²) >= 11 is 0. The fourth-order valence-electron chi connectivity index (χ4n) is 0.705. The lowest BCUT2D eigenvalue weighted by Gasteiger charge is -1.76. The van der Waals surface area contributed by atoms with E-state index < -0.39 is 0 Å². The first-order valence-electron chi connectivity index (χ1n) is 3.01. The van der Waals surface area contributed by atoms with Crippen molar-refractivity contribution in [2.24, 2.45) is 0 Å². The Morgan fingerprint density at radius 3 is 2.78 bits per heavy atom. The summed E-state index contributed by atoms with van der Waals surface area (Å²) in [7, 11) is 0. The third kappa shape index (κ3) is 1.46. The first kappa shape index (κ1) is 6.14. The predicted octanol–water partition coefficient (Wildman–Crippen LogP) is 2.62. The lowest BCUT2D eigenvalue weighted by Crippen LogP contribution is -1.57. The van der Waals surface area contributed by atoms with E-state index in [2.05, 4.69) is 0 Å². The van der Waals surface area contributed by atoms with Crippen molar-refractivity contribution in [2.45, 2.75) is 13.8 Å². The first-order valence-corrected chi connectivity index (χ1v) is 3.01. The fourth-order valence-corrected chi connectivity index (χ4v) is 0.705. The van der Waals surface area contributed by atoms with Gasteiger partial charge in [-0.05, 0) is 31.6 Å².